The van der Waals surface area contributed by atoms with Crippen LogP contribution in [-0.2, 0) is 11.2 Å². The minimum absolute atomic E-state index is 0.445. The van der Waals surface area contributed by atoms with Gasteiger partial charge in [0.2, 0.25) is 0 Å². The van der Waals surface area contributed by atoms with Crippen LogP contribution in [0.25, 0.3) is 10.8 Å². The van der Waals surface area contributed by atoms with Crippen molar-refractivity contribution in [2.45, 2.75) is 12.3 Å². The lowest BCUT2D eigenvalue weighted by atomic mass is 9.88. The maximum Gasteiger partial charge on any atom is 0.311 e. The van der Waals surface area contributed by atoms with Crippen molar-refractivity contribution in [3.05, 3.63) is 82.9 Å². The Morgan fingerprint density at radius 3 is 2.36 bits per heavy atom. The molecule has 0 saturated carbocycles. The molecule has 0 radical (unpaired) electrons. The average molecular weight is 311 g/mol. The summed E-state index contributed by atoms with van der Waals surface area (Å²) < 4.78 is 0. The van der Waals surface area contributed by atoms with E-state index < -0.39 is 11.9 Å². The van der Waals surface area contributed by atoms with Crippen LogP contribution in [0, 0.1) is 0 Å². The van der Waals surface area contributed by atoms with Crippen molar-refractivity contribution in [3.8, 4) is 0 Å². The van der Waals surface area contributed by atoms with E-state index in [9.17, 15) is 9.90 Å². The van der Waals surface area contributed by atoms with Crippen LogP contribution in [0.3, 0.4) is 0 Å². The number of benzene rings is 3. The maximum atomic E-state index is 11.8. The minimum Gasteiger partial charge on any atom is -0.481 e. The highest BCUT2D eigenvalue weighted by Crippen LogP contribution is 2.29. The van der Waals surface area contributed by atoms with E-state index in [1.54, 1.807) is 12.1 Å². The molecular formula is C19H15ClO2. The fraction of sp³-hybridized carbons (Fsp3) is 0.105. The molecule has 2 nitrogen and oxygen atoms in total. The first-order valence-electron chi connectivity index (χ1n) is 7.10. The predicted molar refractivity (Wildman–Crippen MR) is 89.5 cm³/mol. The lowest BCUT2D eigenvalue weighted by Crippen LogP contribution is -2.14. The van der Waals surface area contributed by atoms with Crippen molar-refractivity contribution in [3.63, 3.8) is 0 Å². The number of rotatable bonds is 4. The van der Waals surface area contributed by atoms with E-state index in [-0.39, 0.29) is 0 Å². The molecule has 0 aliphatic carbocycles. The Kier molecular flexibility index (Phi) is 4.12. The van der Waals surface area contributed by atoms with Gasteiger partial charge in [-0.2, -0.15) is 0 Å². The van der Waals surface area contributed by atoms with Crippen LogP contribution in [0.2, 0.25) is 5.02 Å². The zero-order valence-electron chi connectivity index (χ0n) is 11.9. The number of carboxylic acids is 1. The van der Waals surface area contributed by atoms with Crippen LogP contribution in [0.15, 0.2) is 66.7 Å². The van der Waals surface area contributed by atoms with Crippen LogP contribution in [0.1, 0.15) is 17.0 Å². The molecule has 0 amide bonds. The maximum absolute atomic E-state index is 11.8. The third-order valence-corrected chi connectivity index (χ3v) is 4.10. The molecule has 3 aromatic rings. The molecular weight excluding hydrogens is 296 g/mol. The Morgan fingerprint density at radius 1 is 0.955 bits per heavy atom. The zero-order valence-corrected chi connectivity index (χ0v) is 12.6. The molecule has 3 rings (SSSR count). The number of carboxylic acid groups (broad SMARTS) is 1. The first kappa shape index (κ1) is 14.6. The number of aliphatic carboxylic acids is 1. The molecule has 110 valence electrons. The minimum atomic E-state index is -0.814. The van der Waals surface area contributed by atoms with E-state index in [4.69, 9.17) is 11.6 Å². The quantitative estimate of drug-likeness (QED) is 0.744. The molecule has 1 unspecified atom stereocenters. The molecule has 3 heteroatoms. The van der Waals surface area contributed by atoms with Crippen LogP contribution >= 0.6 is 11.6 Å². The highest BCUT2D eigenvalue weighted by molar-refractivity contribution is 6.30. The van der Waals surface area contributed by atoms with Gasteiger partial charge in [-0.05, 0) is 40.5 Å². The first-order chi connectivity index (χ1) is 10.6. The fourth-order valence-corrected chi connectivity index (χ4v) is 2.87. The molecule has 22 heavy (non-hydrogen) atoms. The topological polar surface area (TPSA) is 37.3 Å². The zero-order chi connectivity index (χ0) is 15.5. The summed E-state index contributed by atoms with van der Waals surface area (Å²) in [6.45, 7) is 0. The van der Waals surface area contributed by atoms with E-state index in [0.717, 1.165) is 21.9 Å². The summed E-state index contributed by atoms with van der Waals surface area (Å²) in [6.07, 6.45) is 0.445. The van der Waals surface area contributed by atoms with E-state index in [0.29, 0.717) is 11.4 Å². The molecule has 0 fully saturated rings. The second kappa shape index (κ2) is 6.20. The summed E-state index contributed by atoms with van der Waals surface area (Å²) in [4.78, 5) is 11.8. The van der Waals surface area contributed by atoms with E-state index in [1.807, 2.05) is 54.6 Å². The normalized spacial score (nSPS) is 12.2. The molecule has 1 atom stereocenters. The van der Waals surface area contributed by atoms with Gasteiger partial charge < -0.3 is 5.11 Å². The second-order valence-electron chi connectivity index (χ2n) is 5.29. The highest BCUT2D eigenvalue weighted by Gasteiger charge is 2.22. The van der Waals surface area contributed by atoms with Crippen LogP contribution in [0.4, 0.5) is 0 Å². The molecule has 3 aromatic carbocycles. The third kappa shape index (κ3) is 2.97. The average Bonchev–Trinajstić information content (AvgIpc) is 2.54. The van der Waals surface area contributed by atoms with Gasteiger partial charge in [-0.25, -0.2) is 0 Å². The van der Waals surface area contributed by atoms with Crippen molar-refractivity contribution in [1.82, 2.24) is 0 Å². The van der Waals surface area contributed by atoms with Crippen molar-refractivity contribution in [2.75, 3.05) is 0 Å². The van der Waals surface area contributed by atoms with Gasteiger partial charge in [0.15, 0.2) is 0 Å². The molecule has 0 bridgehead atoms. The second-order valence-corrected chi connectivity index (χ2v) is 5.73. The molecule has 0 spiro atoms. The number of carbonyl (C=O) groups is 1. The molecule has 0 aromatic heterocycles. The van der Waals surface area contributed by atoms with Crippen molar-refractivity contribution in [2.24, 2.45) is 0 Å². The lowest BCUT2D eigenvalue weighted by Gasteiger charge is -2.15. The first-order valence-corrected chi connectivity index (χ1v) is 7.48. The summed E-state index contributed by atoms with van der Waals surface area (Å²) in [5.41, 5.74) is 1.81. The summed E-state index contributed by atoms with van der Waals surface area (Å²) in [7, 11) is 0. The van der Waals surface area contributed by atoms with E-state index in [2.05, 4.69) is 0 Å². The van der Waals surface area contributed by atoms with E-state index in [1.165, 1.54) is 0 Å². The van der Waals surface area contributed by atoms with Crippen LogP contribution in [-0.4, -0.2) is 11.1 Å². The monoisotopic (exact) mass is 310 g/mol. The third-order valence-electron chi connectivity index (χ3n) is 3.85. The van der Waals surface area contributed by atoms with Gasteiger partial charge in [0.05, 0.1) is 5.92 Å². The van der Waals surface area contributed by atoms with Crippen molar-refractivity contribution < 1.29 is 9.90 Å². The number of hydrogen-bond donors (Lipinski definition) is 1. The van der Waals surface area contributed by atoms with Gasteiger partial charge in [0.25, 0.3) is 0 Å². The Labute approximate surface area is 134 Å². The van der Waals surface area contributed by atoms with Crippen molar-refractivity contribution >= 4 is 28.3 Å². The number of hydrogen-bond acceptors (Lipinski definition) is 1. The Morgan fingerprint density at radius 2 is 1.64 bits per heavy atom. The highest BCUT2D eigenvalue weighted by atomic mass is 35.5. The van der Waals surface area contributed by atoms with Gasteiger partial charge in [0.1, 0.15) is 0 Å². The van der Waals surface area contributed by atoms with Crippen molar-refractivity contribution in [1.29, 1.82) is 0 Å². The Hall–Kier alpha value is -2.32. The van der Waals surface area contributed by atoms with Gasteiger partial charge in [0, 0.05) is 5.02 Å². The standard InChI is InChI=1S/C19H15ClO2/c20-15-10-8-13(9-11-15)12-18(19(21)22)17-7-3-5-14-4-1-2-6-16(14)17/h1-11,18H,12H2,(H,21,22). The summed E-state index contributed by atoms with van der Waals surface area (Å²) in [5.74, 6) is -1.39. The summed E-state index contributed by atoms with van der Waals surface area (Å²) in [5, 5.41) is 12.4. The van der Waals surface area contributed by atoms with Gasteiger partial charge >= 0.3 is 5.97 Å². The van der Waals surface area contributed by atoms with Gasteiger partial charge in [-0.15, -0.1) is 0 Å². The van der Waals surface area contributed by atoms with Crippen LogP contribution < -0.4 is 0 Å². The molecule has 0 aliphatic heterocycles. The molecule has 0 aliphatic rings. The number of fused-ring (bicyclic) bond motifs is 1. The predicted octanol–water partition coefficient (Wildman–Crippen LogP) is 4.90. The smallest absolute Gasteiger partial charge is 0.311 e. The van der Waals surface area contributed by atoms with Gasteiger partial charge in [-0.1, -0.05) is 66.2 Å². The Balaban J connectivity index is 2.03. The molecule has 1 N–H and O–H groups in total. The largest absolute Gasteiger partial charge is 0.481 e. The molecule has 0 heterocycles. The Bertz CT molecular complexity index is 804. The SMILES string of the molecule is O=C(O)C(Cc1ccc(Cl)cc1)c1cccc2ccccc12. The van der Waals surface area contributed by atoms with E-state index >= 15 is 0 Å². The molecule has 0 saturated heterocycles. The summed E-state index contributed by atoms with van der Waals surface area (Å²) >= 11 is 5.89. The fourth-order valence-electron chi connectivity index (χ4n) is 2.74. The lowest BCUT2D eigenvalue weighted by molar-refractivity contribution is -0.138. The summed E-state index contributed by atoms with van der Waals surface area (Å²) in [6, 6.07) is 21.0. The van der Waals surface area contributed by atoms with Crippen LogP contribution in [0.5, 0.6) is 0 Å². The number of halogens is 1. The van der Waals surface area contributed by atoms with Gasteiger partial charge in [-0.3, -0.25) is 4.79 Å².